The number of halogens is 1. The minimum absolute atomic E-state index is 0.0657. The molecule has 1 aromatic heterocycles. The molecule has 0 aliphatic rings. The highest BCUT2D eigenvalue weighted by atomic mass is 79.9. The first-order chi connectivity index (χ1) is 9.62. The van der Waals surface area contributed by atoms with Crippen LogP contribution in [0.25, 0.3) is 0 Å². The number of ether oxygens (including phenoxy) is 3. The van der Waals surface area contributed by atoms with Crippen LogP contribution in [0.1, 0.15) is 20.1 Å². The lowest BCUT2D eigenvalue weighted by Gasteiger charge is -2.18. The first kappa shape index (κ1) is 15.2. The Labute approximate surface area is 131 Å². The summed E-state index contributed by atoms with van der Waals surface area (Å²) in [6, 6.07) is 8.12. The van der Waals surface area contributed by atoms with E-state index in [4.69, 9.17) is 14.2 Å². The monoisotopic (exact) mass is 356 g/mol. The van der Waals surface area contributed by atoms with Gasteiger partial charge >= 0.3 is 0 Å². The van der Waals surface area contributed by atoms with Crippen molar-refractivity contribution < 1.29 is 14.2 Å². The van der Waals surface area contributed by atoms with E-state index >= 15 is 0 Å². The van der Waals surface area contributed by atoms with Gasteiger partial charge in [0.15, 0.2) is 11.5 Å². The molecule has 0 bridgehead atoms. The molecule has 1 aromatic carbocycles. The second kappa shape index (κ2) is 6.50. The molecule has 1 atom stereocenters. The van der Waals surface area contributed by atoms with E-state index in [1.165, 1.54) is 9.75 Å². The summed E-state index contributed by atoms with van der Waals surface area (Å²) in [5.41, 5.74) is 1.02. The highest BCUT2D eigenvalue weighted by Crippen LogP contribution is 2.47. The lowest BCUT2D eigenvalue weighted by atomic mass is 10.1. The molecule has 1 unspecified atom stereocenters. The number of benzene rings is 1. The molecule has 0 aliphatic heterocycles. The van der Waals surface area contributed by atoms with Gasteiger partial charge in [-0.2, -0.15) is 0 Å². The molecule has 0 saturated heterocycles. The van der Waals surface area contributed by atoms with Crippen LogP contribution in [0.2, 0.25) is 0 Å². The molecular weight excluding hydrogens is 340 g/mol. The molecule has 5 heteroatoms. The predicted molar refractivity (Wildman–Crippen MR) is 85.9 cm³/mol. The molecule has 0 aliphatic carbocycles. The quantitative estimate of drug-likeness (QED) is 0.734. The van der Waals surface area contributed by atoms with E-state index in [1.54, 1.807) is 32.7 Å². The van der Waals surface area contributed by atoms with Crippen molar-refractivity contribution in [3.63, 3.8) is 0 Å². The Morgan fingerprint density at radius 3 is 2.15 bits per heavy atom. The molecule has 0 radical (unpaired) electrons. The summed E-state index contributed by atoms with van der Waals surface area (Å²) < 4.78 is 16.3. The maximum Gasteiger partial charge on any atom is 0.203 e. The second-order valence-corrected chi connectivity index (χ2v) is 6.47. The Balaban J connectivity index is 2.51. The largest absolute Gasteiger partial charge is 0.493 e. The van der Waals surface area contributed by atoms with Gasteiger partial charge in [0.1, 0.15) is 0 Å². The number of rotatable bonds is 5. The summed E-state index contributed by atoms with van der Waals surface area (Å²) in [5.74, 6) is 1.97. The Morgan fingerprint density at radius 1 is 0.950 bits per heavy atom. The maximum absolute atomic E-state index is 5.53. The fraction of sp³-hybridized carbons (Fsp3) is 0.333. The molecule has 0 saturated carbocycles. The van der Waals surface area contributed by atoms with Crippen molar-refractivity contribution in [3.8, 4) is 17.2 Å². The number of aryl methyl sites for hydroxylation is 1. The minimum atomic E-state index is 0.0657. The minimum Gasteiger partial charge on any atom is -0.493 e. The third kappa shape index (κ3) is 2.79. The summed E-state index contributed by atoms with van der Waals surface area (Å²) in [7, 11) is 4.87. The van der Waals surface area contributed by atoms with Crippen molar-refractivity contribution in [2.24, 2.45) is 0 Å². The van der Waals surface area contributed by atoms with Crippen molar-refractivity contribution in [2.45, 2.75) is 11.8 Å². The molecule has 20 heavy (non-hydrogen) atoms. The first-order valence-corrected chi connectivity index (χ1v) is 7.84. The molecular formula is C15H17BrO3S. The van der Waals surface area contributed by atoms with Gasteiger partial charge in [-0.1, -0.05) is 15.9 Å². The fourth-order valence-corrected chi connectivity index (χ4v) is 3.73. The van der Waals surface area contributed by atoms with Gasteiger partial charge in [-0.25, -0.2) is 0 Å². The third-order valence-electron chi connectivity index (χ3n) is 3.02. The van der Waals surface area contributed by atoms with Gasteiger partial charge < -0.3 is 14.2 Å². The first-order valence-electron chi connectivity index (χ1n) is 6.11. The zero-order chi connectivity index (χ0) is 14.7. The molecule has 0 spiro atoms. The van der Waals surface area contributed by atoms with E-state index in [9.17, 15) is 0 Å². The van der Waals surface area contributed by atoms with Crippen LogP contribution in [0.4, 0.5) is 0 Å². The van der Waals surface area contributed by atoms with E-state index in [1.807, 2.05) is 12.1 Å². The Hall–Kier alpha value is -1.20. The van der Waals surface area contributed by atoms with Gasteiger partial charge in [0.25, 0.3) is 0 Å². The number of hydrogen-bond donors (Lipinski definition) is 0. The Morgan fingerprint density at radius 2 is 1.65 bits per heavy atom. The summed E-state index contributed by atoms with van der Waals surface area (Å²) in [6.45, 7) is 2.10. The van der Waals surface area contributed by atoms with E-state index in [2.05, 4.69) is 35.0 Å². The molecule has 1 heterocycles. The van der Waals surface area contributed by atoms with Gasteiger partial charge in [-0.15, -0.1) is 11.3 Å². The summed E-state index contributed by atoms with van der Waals surface area (Å²) in [6.07, 6.45) is 0. The van der Waals surface area contributed by atoms with Crippen molar-refractivity contribution in [3.05, 3.63) is 39.6 Å². The van der Waals surface area contributed by atoms with E-state index < -0.39 is 0 Å². The van der Waals surface area contributed by atoms with Crippen LogP contribution in [-0.4, -0.2) is 21.3 Å². The van der Waals surface area contributed by atoms with Crippen LogP contribution in [-0.2, 0) is 0 Å². The van der Waals surface area contributed by atoms with Gasteiger partial charge in [-0.05, 0) is 31.2 Å². The highest BCUT2D eigenvalue weighted by Gasteiger charge is 2.22. The van der Waals surface area contributed by atoms with Gasteiger partial charge in [0.05, 0.1) is 26.2 Å². The number of hydrogen-bond acceptors (Lipinski definition) is 4. The van der Waals surface area contributed by atoms with Gasteiger partial charge in [0, 0.05) is 15.3 Å². The molecule has 108 valence electrons. The van der Waals surface area contributed by atoms with Crippen molar-refractivity contribution >= 4 is 27.3 Å². The average Bonchev–Trinajstić information content (AvgIpc) is 2.91. The zero-order valence-corrected chi connectivity index (χ0v) is 14.3. The van der Waals surface area contributed by atoms with Gasteiger partial charge in [0.2, 0.25) is 5.75 Å². The molecule has 2 aromatic rings. The van der Waals surface area contributed by atoms with Crippen LogP contribution in [0, 0.1) is 6.92 Å². The van der Waals surface area contributed by atoms with E-state index in [0.29, 0.717) is 17.2 Å². The van der Waals surface area contributed by atoms with E-state index in [-0.39, 0.29) is 4.83 Å². The normalized spacial score (nSPS) is 12.1. The number of thiophene rings is 1. The van der Waals surface area contributed by atoms with Crippen molar-refractivity contribution in [1.82, 2.24) is 0 Å². The Kier molecular flexibility index (Phi) is 4.94. The lowest BCUT2D eigenvalue weighted by molar-refractivity contribution is 0.322. The molecule has 0 N–H and O–H groups in total. The molecule has 2 rings (SSSR count). The van der Waals surface area contributed by atoms with Crippen LogP contribution < -0.4 is 14.2 Å². The van der Waals surface area contributed by atoms with Crippen LogP contribution >= 0.6 is 27.3 Å². The summed E-state index contributed by atoms with van der Waals surface area (Å²) in [5, 5.41) is 0. The van der Waals surface area contributed by atoms with Crippen LogP contribution in [0.15, 0.2) is 24.3 Å². The average molecular weight is 357 g/mol. The second-order valence-electron chi connectivity index (χ2n) is 4.23. The third-order valence-corrected chi connectivity index (χ3v) is 5.37. The summed E-state index contributed by atoms with van der Waals surface area (Å²) in [4.78, 5) is 2.58. The molecule has 0 fully saturated rings. The fourth-order valence-electron chi connectivity index (χ4n) is 2.07. The summed E-state index contributed by atoms with van der Waals surface area (Å²) >= 11 is 5.50. The number of methoxy groups -OCH3 is 3. The number of alkyl halides is 1. The SMILES string of the molecule is COc1ccc(C(Br)c2ccc(C)s2)c(OC)c1OC. The van der Waals surface area contributed by atoms with E-state index in [0.717, 1.165) is 5.56 Å². The van der Waals surface area contributed by atoms with Gasteiger partial charge in [-0.3, -0.25) is 0 Å². The highest BCUT2D eigenvalue weighted by molar-refractivity contribution is 9.09. The Bertz CT molecular complexity index is 595. The standard InChI is InChI=1S/C15H17BrO3S/c1-9-5-8-12(20-9)13(16)10-6-7-11(17-2)15(19-4)14(10)18-3/h5-8,13H,1-4H3. The van der Waals surface area contributed by atoms with Crippen LogP contribution in [0.3, 0.4) is 0 Å². The lowest BCUT2D eigenvalue weighted by Crippen LogP contribution is -2.00. The zero-order valence-electron chi connectivity index (χ0n) is 11.9. The van der Waals surface area contributed by atoms with Crippen LogP contribution in [0.5, 0.6) is 17.2 Å². The van der Waals surface area contributed by atoms with Crippen molar-refractivity contribution in [1.29, 1.82) is 0 Å². The molecule has 3 nitrogen and oxygen atoms in total. The smallest absolute Gasteiger partial charge is 0.203 e. The predicted octanol–water partition coefficient (Wildman–Crippen LogP) is 4.57. The molecule has 0 amide bonds. The maximum atomic E-state index is 5.53. The topological polar surface area (TPSA) is 27.7 Å². The van der Waals surface area contributed by atoms with Crippen molar-refractivity contribution in [2.75, 3.05) is 21.3 Å².